The van der Waals surface area contributed by atoms with Crippen LogP contribution in [0, 0.1) is 12.7 Å². The van der Waals surface area contributed by atoms with Crippen LogP contribution in [0.25, 0.3) is 0 Å². The van der Waals surface area contributed by atoms with Gasteiger partial charge in [-0.15, -0.1) is 0 Å². The number of aryl methyl sites for hydroxylation is 1. The number of benzene rings is 1. The third-order valence-corrected chi connectivity index (χ3v) is 2.86. The first-order valence-corrected chi connectivity index (χ1v) is 5.70. The van der Waals surface area contributed by atoms with Crippen molar-refractivity contribution in [2.24, 2.45) is 5.73 Å². The zero-order chi connectivity index (χ0) is 13.1. The molecule has 0 unspecified atom stereocenters. The molecule has 0 amide bonds. The van der Waals surface area contributed by atoms with Crippen LogP contribution < -0.4 is 10.5 Å². The molecule has 96 valence electrons. The molecule has 0 spiro atoms. The molecular formula is C13H16FN3O. The molecule has 18 heavy (non-hydrogen) atoms. The van der Waals surface area contributed by atoms with Crippen LogP contribution in [0.1, 0.15) is 16.8 Å². The number of nitrogens with two attached hydrogens (primary N) is 1. The maximum Gasteiger partial charge on any atom is 0.170 e. The lowest BCUT2D eigenvalue weighted by molar-refractivity contribution is 0.383. The summed E-state index contributed by atoms with van der Waals surface area (Å²) < 4.78 is 20.6. The number of rotatable bonds is 4. The fourth-order valence-electron chi connectivity index (χ4n) is 1.85. The molecule has 0 aliphatic heterocycles. The first-order chi connectivity index (χ1) is 8.65. The van der Waals surface area contributed by atoms with Gasteiger partial charge in [-0.2, -0.15) is 5.10 Å². The molecule has 5 heteroatoms. The Morgan fingerprint density at radius 2 is 2.17 bits per heavy atom. The highest BCUT2D eigenvalue weighted by Gasteiger charge is 2.10. The summed E-state index contributed by atoms with van der Waals surface area (Å²) in [5, 5.41) is 4.30. The molecule has 0 fully saturated rings. The summed E-state index contributed by atoms with van der Waals surface area (Å²) in [5.41, 5.74) is 7.97. The van der Waals surface area contributed by atoms with Crippen molar-refractivity contribution in [2.45, 2.75) is 20.0 Å². The van der Waals surface area contributed by atoms with Crippen LogP contribution >= 0.6 is 0 Å². The predicted molar refractivity (Wildman–Crippen MR) is 66.9 cm³/mol. The Morgan fingerprint density at radius 3 is 2.78 bits per heavy atom. The van der Waals surface area contributed by atoms with Crippen LogP contribution in [0.4, 0.5) is 4.39 Å². The van der Waals surface area contributed by atoms with Crippen LogP contribution in [0.3, 0.4) is 0 Å². The van der Waals surface area contributed by atoms with E-state index in [1.54, 1.807) is 22.9 Å². The Labute approximate surface area is 105 Å². The van der Waals surface area contributed by atoms with Gasteiger partial charge in [-0.05, 0) is 13.0 Å². The first-order valence-electron chi connectivity index (χ1n) is 5.70. The van der Waals surface area contributed by atoms with E-state index in [0.29, 0.717) is 18.7 Å². The lowest BCUT2D eigenvalue weighted by Gasteiger charge is -2.07. The van der Waals surface area contributed by atoms with Gasteiger partial charge >= 0.3 is 0 Å². The topological polar surface area (TPSA) is 53.1 Å². The molecule has 0 bridgehead atoms. The molecule has 1 aromatic carbocycles. The summed E-state index contributed by atoms with van der Waals surface area (Å²) >= 11 is 0. The highest BCUT2D eigenvalue weighted by molar-refractivity contribution is 5.31. The quantitative estimate of drug-likeness (QED) is 0.899. The fraction of sp³-hybridized carbons (Fsp3) is 0.308. The van der Waals surface area contributed by atoms with E-state index in [9.17, 15) is 4.39 Å². The van der Waals surface area contributed by atoms with E-state index in [0.717, 1.165) is 11.3 Å². The summed E-state index contributed by atoms with van der Waals surface area (Å²) in [6.45, 7) is 2.69. The molecule has 0 aliphatic carbocycles. The largest absolute Gasteiger partial charge is 0.494 e. The highest BCUT2D eigenvalue weighted by Crippen LogP contribution is 2.20. The molecule has 2 aromatic rings. The second-order valence-corrected chi connectivity index (χ2v) is 4.07. The Hall–Kier alpha value is -1.88. The normalized spacial score (nSPS) is 10.7. The average Bonchev–Trinajstić information content (AvgIpc) is 2.72. The summed E-state index contributed by atoms with van der Waals surface area (Å²) in [6, 6.07) is 5.08. The Balaban J connectivity index is 2.28. The van der Waals surface area contributed by atoms with Crippen molar-refractivity contribution < 1.29 is 9.13 Å². The van der Waals surface area contributed by atoms with Crippen molar-refractivity contribution in [3.8, 4) is 5.75 Å². The zero-order valence-corrected chi connectivity index (χ0v) is 10.5. The van der Waals surface area contributed by atoms with Gasteiger partial charge in [0.1, 0.15) is 0 Å². The second kappa shape index (κ2) is 5.18. The van der Waals surface area contributed by atoms with Gasteiger partial charge in [-0.1, -0.05) is 12.1 Å². The van der Waals surface area contributed by atoms with Gasteiger partial charge in [-0.25, -0.2) is 4.39 Å². The molecule has 0 saturated carbocycles. The highest BCUT2D eigenvalue weighted by atomic mass is 19.1. The summed E-state index contributed by atoms with van der Waals surface area (Å²) in [7, 11) is 1.45. The minimum absolute atomic E-state index is 0.246. The van der Waals surface area contributed by atoms with E-state index in [2.05, 4.69) is 5.10 Å². The van der Waals surface area contributed by atoms with Gasteiger partial charge in [0.2, 0.25) is 0 Å². The van der Waals surface area contributed by atoms with E-state index >= 15 is 0 Å². The molecule has 0 aliphatic rings. The molecule has 4 nitrogen and oxygen atoms in total. The van der Waals surface area contributed by atoms with Gasteiger partial charge in [0.15, 0.2) is 11.6 Å². The van der Waals surface area contributed by atoms with E-state index in [1.807, 2.05) is 13.1 Å². The predicted octanol–water partition coefficient (Wildman–Crippen LogP) is 1.85. The lowest BCUT2D eigenvalue weighted by Crippen LogP contribution is -2.04. The van der Waals surface area contributed by atoms with Gasteiger partial charge in [0, 0.05) is 23.9 Å². The minimum atomic E-state index is -0.345. The number of methoxy groups -OCH3 is 1. The molecule has 1 heterocycles. The molecule has 0 atom stereocenters. The smallest absolute Gasteiger partial charge is 0.170 e. The number of hydrogen-bond donors (Lipinski definition) is 1. The third-order valence-electron chi connectivity index (χ3n) is 2.86. The van der Waals surface area contributed by atoms with Crippen LogP contribution in [-0.4, -0.2) is 16.9 Å². The number of aromatic nitrogens is 2. The van der Waals surface area contributed by atoms with Crippen molar-refractivity contribution in [1.82, 2.24) is 9.78 Å². The fourth-order valence-corrected chi connectivity index (χ4v) is 1.85. The summed E-state index contributed by atoms with van der Waals surface area (Å²) in [4.78, 5) is 0. The van der Waals surface area contributed by atoms with E-state index in [4.69, 9.17) is 10.5 Å². The summed E-state index contributed by atoms with van der Waals surface area (Å²) in [6.07, 6.45) is 1.84. The van der Waals surface area contributed by atoms with Gasteiger partial charge in [0.05, 0.1) is 19.3 Å². The van der Waals surface area contributed by atoms with E-state index in [-0.39, 0.29) is 11.6 Å². The molecule has 0 radical (unpaired) electrons. The van der Waals surface area contributed by atoms with Gasteiger partial charge < -0.3 is 10.5 Å². The minimum Gasteiger partial charge on any atom is -0.494 e. The molecule has 0 saturated heterocycles. The van der Waals surface area contributed by atoms with Gasteiger partial charge in [0.25, 0.3) is 0 Å². The Morgan fingerprint density at radius 1 is 1.39 bits per heavy atom. The maximum absolute atomic E-state index is 14.0. The van der Waals surface area contributed by atoms with Crippen molar-refractivity contribution in [1.29, 1.82) is 0 Å². The summed E-state index contributed by atoms with van der Waals surface area (Å²) in [5.74, 6) is -0.0992. The zero-order valence-electron chi connectivity index (χ0n) is 10.5. The van der Waals surface area contributed by atoms with Crippen LogP contribution in [0.2, 0.25) is 0 Å². The number of halogens is 1. The van der Waals surface area contributed by atoms with E-state index < -0.39 is 0 Å². The molecule has 2 N–H and O–H groups in total. The SMILES string of the molecule is COc1cccc(Cn2cc(CN)c(C)n2)c1F. The van der Waals surface area contributed by atoms with Crippen molar-refractivity contribution in [2.75, 3.05) is 7.11 Å². The van der Waals surface area contributed by atoms with Crippen molar-refractivity contribution >= 4 is 0 Å². The Bertz CT molecular complexity index is 551. The van der Waals surface area contributed by atoms with E-state index in [1.165, 1.54) is 7.11 Å². The number of hydrogen-bond acceptors (Lipinski definition) is 3. The van der Waals surface area contributed by atoms with Crippen molar-refractivity contribution in [3.05, 3.63) is 47.0 Å². The standard InChI is InChI=1S/C13H16FN3O/c1-9-11(6-15)8-17(16-9)7-10-4-3-5-12(18-2)13(10)14/h3-5,8H,6-7,15H2,1-2H3. The monoisotopic (exact) mass is 249 g/mol. The first kappa shape index (κ1) is 12.6. The third kappa shape index (κ3) is 2.36. The molecule has 2 rings (SSSR count). The van der Waals surface area contributed by atoms with Crippen LogP contribution in [0.5, 0.6) is 5.75 Å². The number of nitrogens with zero attached hydrogens (tertiary/aromatic N) is 2. The maximum atomic E-state index is 14.0. The Kier molecular flexibility index (Phi) is 3.62. The average molecular weight is 249 g/mol. The molecular weight excluding hydrogens is 233 g/mol. The van der Waals surface area contributed by atoms with Gasteiger partial charge in [-0.3, -0.25) is 4.68 Å². The molecule has 1 aromatic heterocycles. The second-order valence-electron chi connectivity index (χ2n) is 4.07. The van der Waals surface area contributed by atoms with Crippen LogP contribution in [-0.2, 0) is 13.1 Å². The van der Waals surface area contributed by atoms with Crippen LogP contribution in [0.15, 0.2) is 24.4 Å². The van der Waals surface area contributed by atoms with Crippen molar-refractivity contribution in [3.63, 3.8) is 0 Å². The number of ether oxygens (including phenoxy) is 1. The lowest BCUT2D eigenvalue weighted by atomic mass is 10.2.